The van der Waals surface area contributed by atoms with E-state index in [9.17, 15) is 0 Å². The number of hydrogen-bond donors (Lipinski definition) is 1. The fourth-order valence-corrected chi connectivity index (χ4v) is 2.34. The number of nitrogens with one attached hydrogen (secondary N) is 1. The van der Waals surface area contributed by atoms with Crippen molar-refractivity contribution in [3.8, 4) is 0 Å². The Morgan fingerprint density at radius 3 is 2.76 bits per heavy atom. The number of guanidine groups is 1. The maximum atomic E-state index is 5.54. The van der Waals surface area contributed by atoms with Crippen LogP contribution in [-0.2, 0) is 11.3 Å². The van der Waals surface area contributed by atoms with E-state index < -0.39 is 0 Å². The van der Waals surface area contributed by atoms with Crippen LogP contribution in [0.15, 0.2) is 10.4 Å². The second-order valence-corrected chi connectivity index (χ2v) is 6.22. The Morgan fingerprint density at radius 2 is 2.24 bits per heavy atom. The highest BCUT2D eigenvalue weighted by Crippen LogP contribution is 2.09. The Kier molecular flexibility index (Phi) is 11.0. The summed E-state index contributed by atoms with van der Waals surface area (Å²) in [5.41, 5.74) is 1.08. The fourth-order valence-electron chi connectivity index (χ4n) is 1.74. The van der Waals surface area contributed by atoms with Crippen molar-refractivity contribution in [3.05, 3.63) is 16.1 Å². The van der Waals surface area contributed by atoms with Gasteiger partial charge in [-0.2, -0.15) is 0 Å². The van der Waals surface area contributed by atoms with Crippen molar-refractivity contribution in [2.45, 2.75) is 27.3 Å². The molecule has 0 aromatic carbocycles. The Balaban J connectivity index is 0.00000400. The summed E-state index contributed by atoms with van der Waals surface area (Å²) in [7, 11) is 3.80. The third-order valence-electron chi connectivity index (χ3n) is 2.62. The molecule has 0 aliphatic heterocycles. The molecule has 1 aromatic heterocycles. The van der Waals surface area contributed by atoms with Crippen molar-refractivity contribution >= 4 is 41.3 Å². The number of halogens is 1. The molecule has 0 aliphatic carbocycles. The molecule has 0 unspecified atom stereocenters. The highest BCUT2D eigenvalue weighted by molar-refractivity contribution is 14.0. The normalized spacial score (nSPS) is 11.4. The lowest BCUT2D eigenvalue weighted by atomic mass is 10.2. The Morgan fingerprint density at radius 1 is 1.52 bits per heavy atom. The molecule has 0 fully saturated rings. The van der Waals surface area contributed by atoms with Gasteiger partial charge in [0.2, 0.25) is 0 Å². The van der Waals surface area contributed by atoms with Gasteiger partial charge >= 0.3 is 0 Å². The predicted molar refractivity (Wildman–Crippen MR) is 101 cm³/mol. The van der Waals surface area contributed by atoms with Crippen LogP contribution in [0.3, 0.4) is 0 Å². The molecule has 0 amide bonds. The molecule has 1 aromatic rings. The highest BCUT2D eigenvalue weighted by Gasteiger charge is 2.08. The van der Waals surface area contributed by atoms with E-state index in [1.54, 1.807) is 18.4 Å². The van der Waals surface area contributed by atoms with Crippen molar-refractivity contribution in [2.75, 3.05) is 33.9 Å². The van der Waals surface area contributed by atoms with Gasteiger partial charge in [0.1, 0.15) is 0 Å². The summed E-state index contributed by atoms with van der Waals surface area (Å²) < 4.78 is 5.54. The van der Waals surface area contributed by atoms with Gasteiger partial charge in [-0.3, -0.25) is 4.99 Å². The number of ether oxygens (including phenoxy) is 1. The first-order valence-electron chi connectivity index (χ1n) is 6.93. The van der Waals surface area contributed by atoms with Crippen molar-refractivity contribution < 1.29 is 4.74 Å². The van der Waals surface area contributed by atoms with Crippen molar-refractivity contribution in [2.24, 2.45) is 10.9 Å². The van der Waals surface area contributed by atoms with Crippen LogP contribution in [-0.4, -0.2) is 49.7 Å². The van der Waals surface area contributed by atoms with Gasteiger partial charge in [0.25, 0.3) is 0 Å². The number of nitrogens with zero attached hydrogens (tertiary/aromatic N) is 3. The average molecular weight is 426 g/mol. The van der Waals surface area contributed by atoms with Crippen LogP contribution in [0, 0.1) is 12.8 Å². The van der Waals surface area contributed by atoms with Gasteiger partial charge in [-0.05, 0) is 12.8 Å². The van der Waals surface area contributed by atoms with Crippen molar-refractivity contribution in [1.29, 1.82) is 0 Å². The topological polar surface area (TPSA) is 49.8 Å². The number of aryl methyl sites for hydroxylation is 1. The lowest BCUT2D eigenvalue weighted by Crippen LogP contribution is -2.40. The molecule has 1 N–H and O–H groups in total. The standard InChI is InChI=1S/C14H26N4OS.HI/c1-11(2)9-19-7-6-16-14(15-4)18(5)8-13-10-20-12(3)17-13;/h10-11H,6-9H2,1-5H3,(H,15,16);1H. The molecule has 0 bridgehead atoms. The molecule has 0 atom stereocenters. The van der Waals surface area contributed by atoms with Gasteiger partial charge in [0.15, 0.2) is 5.96 Å². The Labute approximate surface area is 149 Å². The third kappa shape index (κ3) is 8.57. The van der Waals surface area contributed by atoms with Crippen molar-refractivity contribution in [1.82, 2.24) is 15.2 Å². The van der Waals surface area contributed by atoms with Gasteiger partial charge in [0.05, 0.1) is 23.9 Å². The molecule has 0 saturated heterocycles. The van der Waals surface area contributed by atoms with Crippen LogP contribution in [0.1, 0.15) is 24.5 Å². The molecule has 0 saturated carbocycles. The van der Waals surface area contributed by atoms with Gasteiger partial charge in [-0.1, -0.05) is 13.8 Å². The SMILES string of the molecule is CN=C(NCCOCC(C)C)N(C)Cc1csc(C)n1.I. The quantitative estimate of drug-likeness (QED) is 0.315. The minimum absolute atomic E-state index is 0. The lowest BCUT2D eigenvalue weighted by Gasteiger charge is -2.21. The van der Waals surface area contributed by atoms with E-state index in [1.807, 2.05) is 14.0 Å². The summed E-state index contributed by atoms with van der Waals surface area (Å²) in [5.74, 6) is 1.44. The largest absolute Gasteiger partial charge is 0.379 e. The van der Waals surface area contributed by atoms with E-state index in [0.29, 0.717) is 12.5 Å². The zero-order valence-electron chi connectivity index (χ0n) is 13.5. The highest BCUT2D eigenvalue weighted by atomic mass is 127. The number of aliphatic imine (C=N–C) groups is 1. The number of aromatic nitrogens is 1. The molecule has 122 valence electrons. The van der Waals surface area contributed by atoms with E-state index in [-0.39, 0.29) is 24.0 Å². The van der Waals surface area contributed by atoms with E-state index in [2.05, 4.69) is 39.4 Å². The average Bonchev–Trinajstić information content (AvgIpc) is 2.78. The summed E-state index contributed by atoms with van der Waals surface area (Å²) in [4.78, 5) is 10.8. The van der Waals surface area contributed by atoms with Crippen LogP contribution in [0.5, 0.6) is 0 Å². The fraction of sp³-hybridized carbons (Fsp3) is 0.714. The third-order valence-corrected chi connectivity index (χ3v) is 3.44. The molecule has 7 heteroatoms. The minimum atomic E-state index is 0. The maximum Gasteiger partial charge on any atom is 0.193 e. The minimum Gasteiger partial charge on any atom is -0.379 e. The molecular weight excluding hydrogens is 399 g/mol. The van der Waals surface area contributed by atoms with Crippen LogP contribution < -0.4 is 5.32 Å². The van der Waals surface area contributed by atoms with Crippen LogP contribution >= 0.6 is 35.3 Å². The van der Waals surface area contributed by atoms with Crippen LogP contribution in [0.2, 0.25) is 0 Å². The number of thiazole rings is 1. The second-order valence-electron chi connectivity index (χ2n) is 5.16. The van der Waals surface area contributed by atoms with Gasteiger partial charge < -0.3 is 15.0 Å². The lowest BCUT2D eigenvalue weighted by molar-refractivity contribution is 0.114. The summed E-state index contributed by atoms with van der Waals surface area (Å²) in [6.07, 6.45) is 0. The van der Waals surface area contributed by atoms with E-state index >= 15 is 0 Å². The molecular formula is C14H27IN4OS. The zero-order chi connectivity index (χ0) is 15.0. The molecule has 21 heavy (non-hydrogen) atoms. The Hall–Kier alpha value is -0.410. The van der Waals surface area contributed by atoms with Gasteiger partial charge in [-0.25, -0.2) is 4.98 Å². The summed E-state index contributed by atoms with van der Waals surface area (Å²) in [5, 5.41) is 6.48. The smallest absolute Gasteiger partial charge is 0.193 e. The molecule has 0 aliphatic rings. The molecule has 1 heterocycles. The van der Waals surface area contributed by atoms with Gasteiger partial charge in [-0.15, -0.1) is 35.3 Å². The van der Waals surface area contributed by atoms with Crippen LogP contribution in [0.4, 0.5) is 0 Å². The molecule has 1 rings (SSSR count). The summed E-state index contributed by atoms with van der Waals surface area (Å²) in [6, 6.07) is 0. The van der Waals surface area contributed by atoms with Gasteiger partial charge in [0, 0.05) is 32.6 Å². The molecule has 0 radical (unpaired) electrons. The van der Waals surface area contributed by atoms with E-state index in [1.165, 1.54) is 0 Å². The second kappa shape index (κ2) is 11.2. The predicted octanol–water partition coefficient (Wildman–Crippen LogP) is 2.75. The number of rotatable bonds is 7. The molecule has 0 spiro atoms. The summed E-state index contributed by atoms with van der Waals surface area (Å²) in [6.45, 7) is 9.34. The van der Waals surface area contributed by atoms with Crippen molar-refractivity contribution in [3.63, 3.8) is 0 Å². The maximum absolute atomic E-state index is 5.54. The Bertz CT molecular complexity index is 423. The molecule has 5 nitrogen and oxygen atoms in total. The first-order valence-corrected chi connectivity index (χ1v) is 7.81. The first kappa shape index (κ1) is 20.6. The van der Waals surface area contributed by atoms with Crippen LogP contribution in [0.25, 0.3) is 0 Å². The first-order chi connectivity index (χ1) is 9.52. The van der Waals surface area contributed by atoms with E-state index in [4.69, 9.17) is 4.74 Å². The summed E-state index contributed by atoms with van der Waals surface area (Å²) >= 11 is 1.67. The van der Waals surface area contributed by atoms with E-state index in [0.717, 1.165) is 36.4 Å². The monoisotopic (exact) mass is 426 g/mol. The number of hydrogen-bond acceptors (Lipinski definition) is 4. The zero-order valence-corrected chi connectivity index (χ0v) is 16.7.